The second-order valence-electron chi connectivity index (χ2n) is 22.5. The highest BCUT2D eigenvalue weighted by molar-refractivity contribution is 6.10. The molecule has 0 atom stereocenters. The molecule has 0 amide bonds. The van der Waals surface area contributed by atoms with Crippen molar-refractivity contribution in [1.82, 2.24) is 0 Å². The Morgan fingerprint density at radius 3 is 1.59 bits per heavy atom. The molecular formula is C73H59NO. The molecule has 1 aliphatic rings. The van der Waals surface area contributed by atoms with Crippen molar-refractivity contribution < 1.29 is 4.42 Å². The van der Waals surface area contributed by atoms with Gasteiger partial charge in [-0.15, -0.1) is 0 Å². The van der Waals surface area contributed by atoms with Crippen LogP contribution >= 0.6 is 0 Å². The van der Waals surface area contributed by atoms with Crippen molar-refractivity contribution in [1.29, 1.82) is 0 Å². The van der Waals surface area contributed by atoms with Crippen molar-refractivity contribution in [2.75, 3.05) is 4.90 Å². The van der Waals surface area contributed by atoms with Crippen molar-refractivity contribution >= 4 is 49.8 Å². The van der Waals surface area contributed by atoms with Gasteiger partial charge in [0.25, 0.3) is 0 Å². The Hall–Kier alpha value is -8.72. The van der Waals surface area contributed by atoms with E-state index >= 15 is 0 Å². The molecule has 0 saturated carbocycles. The van der Waals surface area contributed by atoms with Gasteiger partial charge >= 0.3 is 0 Å². The molecule has 1 aliphatic carbocycles. The van der Waals surface area contributed by atoms with Gasteiger partial charge in [-0.05, 0) is 142 Å². The van der Waals surface area contributed by atoms with Crippen LogP contribution in [0.5, 0.6) is 0 Å². The van der Waals surface area contributed by atoms with Gasteiger partial charge in [-0.1, -0.05) is 242 Å². The first-order chi connectivity index (χ1) is 36.4. The summed E-state index contributed by atoms with van der Waals surface area (Å²) in [6, 6.07) is 92.2. The number of hydrogen-bond donors (Lipinski definition) is 0. The van der Waals surface area contributed by atoms with Crippen LogP contribution in [0, 0.1) is 0 Å². The van der Waals surface area contributed by atoms with Gasteiger partial charge in [0.2, 0.25) is 0 Å². The Morgan fingerprint density at radius 2 is 0.893 bits per heavy atom. The minimum absolute atomic E-state index is 0.0191. The van der Waals surface area contributed by atoms with Crippen LogP contribution in [0.25, 0.3) is 77.2 Å². The van der Waals surface area contributed by atoms with E-state index in [2.05, 4.69) is 289 Å². The minimum Gasteiger partial charge on any atom is -0.456 e. The van der Waals surface area contributed by atoms with Gasteiger partial charge in [0, 0.05) is 27.7 Å². The largest absolute Gasteiger partial charge is 0.456 e. The second kappa shape index (κ2) is 17.7. The number of para-hydroxylation sites is 2. The Labute approximate surface area is 441 Å². The second-order valence-corrected chi connectivity index (χ2v) is 22.5. The highest BCUT2D eigenvalue weighted by atomic mass is 16.3. The van der Waals surface area contributed by atoms with Crippen LogP contribution < -0.4 is 4.90 Å². The van der Waals surface area contributed by atoms with Gasteiger partial charge in [-0.3, -0.25) is 0 Å². The lowest BCUT2D eigenvalue weighted by Crippen LogP contribution is -2.28. The zero-order valence-electron chi connectivity index (χ0n) is 43.5. The van der Waals surface area contributed by atoms with E-state index in [4.69, 9.17) is 4.42 Å². The van der Waals surface area contributed by atoms with Crippen LogP contribution in [0.1, 0.15) is 74.9 Å². The first kappa shape index (κ1) is 46.1. The molecule has 0 radical (unpaired) electrons. The summed E-state index contributed by atoms with van der Waals surface area (Å²) < 4.78 is 6.42. The van der Waals surface area contributed by atoms with Gasteiger partial charge in [-0.25, -0.2) is 0 Å². The number of anilines is 3. The van der Waals surface area contributed by atoms with Crippen LogP contribution in [0.2, 0.25) is 0 Å². The Kier molecular flexibility index (Phi) is 10.9. The fraction of sp³-hybridized carbons (Fsp3) is 0.123. The molecule has 1 heterocycles. The zero-order chi connectivity index (χ0) is 51.1. The number of hydrogen-bond acceptors (Lipinski definition) is 2. The number of nitrogens with zero attached hydrogens (tertiary/aromatic N) is 1. The summed E-state index contributed by atoms with van der Waals surface area (Å²) in [7, 11) is 0. The van der Waals surface area contributed by atoms with Gasteiger partial charge in [0.05, 0.1) is 11.1 Å². The van der Waals surface area contributed by atoms with E-state index in [0.717, 1.165) is 50.1 Å². The summed E-state index contributed by atoms with van der Waals surface area (Å²) in [5.74, 6) is 0. The Morgan fingerprint density at radius 1 is 0.347 bits per heavy atom. The van der Waals surface area contributed by atoms with Gasteiger partial charge in [0.15, 0.2) is 0 Å². The fourth-order valence-corrected chi connectivity index (χ4v) is 12.1. The van der Waals surface area contributed by atoms with Crippen molar-refractivity contribution in [3.05, 3.63) is 282 Å². The number of benzene rings is 11. The Balaban J connectivity index is 0.991. The summed E-state index contributed by atoms with van der Waals surface area (Å²) in [5.41, 5.74) is 22.0. The molecule has 0 aliphatic heterocycles. The quantitative estimate of drug-likeness (QED) is 0.151. The summed E-state index contributed by atoms with van der Waals surface area (Å²) in [4.78, 5) is 2.44. The molecule has 75 heavy (non-hydrogen) atoms. The number of fused-ring (bicyclic) bond motifs is 7. The number of furan rings is 1. The van der Waals surface area contributed by atoms with Crippen LogP contribution in [0.4, 0.5) is 17.1 Å². The molecule has 12 aromatic rings. The third-order valence-electron chi connectivity index (χ3n) is 15.9. The van der Waals surface area contributed by atoms with Crippen molar-refractivity contribution in [2.45, 2.75) is 57.8 Å². The summed E-state index contributed by atoms with van der Waals surface area (Å²) >= 11 is 0. The smallest absolute Gasteiger partial charge is 0.135 e. The van der Waals surface area contributed by atoms with Crippen LogP contribution in [-0.2, 0) is 16.2 Å². The topological polar surface area (TPSA) is 16.4 Å². The molecule has 11 aromatic carbocycles. The van der Waals surface area contributed by atoms with Crippen molar-refractivity contribution in [2.24, 2.45) is 0 Å². The van der Waals surface area contributed by atoms with Gasteiger partial charge in [-0.2, -0.15) is 0 Å². The summed E-state index contributed by atoms with van der Waals surface area (Å²) in [6.07, 6.45) is 0. The van der Waals surface area contributed by atoms with Crippen molar-refractivity contribution in [3.8, 4) is 44.5 Å². The molecule has 0 N–H and O–H groups in total. The standard InChI is InChI=1S/C73H59NO/c1-71(2,3)54-43-51(44-55(46-54)72(4,5)6)58-30-19-21-49-22-20-31-63(70(49)58)61-28-14-17-33-67(61)74(57-40-42-69-64(47-57)62-29-15-18-34-68(62)75-69)56-38-35-48(36-39-56)50-37-41-60-59-27-13-16-32-65(59)73(66(60)45-50,52-23-9-7-10-24-52)53-25-11-8-12-26-53/h7-47H,1-6H3. The van der Waals surface area contributed by atoms with Crippen LogP contribution in [-0.4, -0.2) is 0 Å². The highest BCUT2D eigenvalue weighted by Crippen LogP contribution is 2.57. The van der Waals surface area contributed by atoms with E-state index in [1.54, 1.807) is 0 Å². The molecule has 0 spiro atoms. The lowest BCUT2D eigenvalue weighted by molar-refractivity contribution is 0.569. The maximum Gasteiger partial charge on any atom is 0.135 e. The average molecular weight is 966 g/mol. The number of rotatable bonds is 8. The van der Waals surface area contributed by atoms with Crippen LogP contribution in [0.15, 0.2) is 253 Å². The molecule has 2 heteroatoms. The van der Waals surface area contributed by atoms with Gasteiger partial charge < -0.3 is 9.32 Å². The molecule has 362 valence electrons. The van der Waals surface area contributed by atoms with E-state index < -0.39 is 5.41 Å². The molecule has 1 aromatic heterocycles. The maximum absolute atomic E-state index is 6.42. The van der Waals surface area contributed by atoms with E-state index in [0.29, 0.717) is 0 Å². The van der Waals surface area contributed by atoms with E-state index in [1.807, 2.05) is 6.07 Å². The molecule has 0 bridgehead atoms. The molecule has 0 saturated heterocycles. The summed E-state index contributed by atoms with van der Waals surface area (Å²) in [5, 5.41) is 4.64. The first-order valence-corrected chi connectivity index (χ1v) is 26.4. The van der Waals surface area contributed by atoms with E-state index in [1.165, 1.54) is 77.5 Å². The molecule has 0 fully saturated rings. The third-order valence-corrected chi connectivity index (χ3v) is 15.9. The zero-order valence-corrected chi connectivity index (χ0v) is 43.5. The van der Waals surface area contributed by atoms with E-state index in [9.17, 15) is 0 Å². The average Bonchev–Trinajstić information content (AvgIpc) is 4.01. The predicted octanol–water partition coefficient (Wildman–Crippen LogP) is 20.2. The van der Waals surface area contributed by atoms with Crippen molar-refractivity contribution in [3.63, 3.8) is 0 Å². The summed E-state index contributed by atoms with van der Waals surface area (Å²) in [6.45, 7) is 13.9. The Bertz CT molecular complexity index is 4050. The highest BCUT2D eigenvalue weighted by Gasteiger charge is 2.46. The van der Waals surface area contributed by atoms with Gasteiger partial charge in [0.1, 0.15) is 11.2 Å². The van der Waals surface area contributed by atoms with E-state index in [-0.39, 0.29) is 10.8 Å². The predicted molar refractivity (Wildman–Crippen MR) is 317 cm³/mol. The first-order valence-electron chi connectivity index (χ1n) is 26.4. The molecule has 2 nitrogen and oxygen atoms in total. The minimum atomic E-state index is -0.480. The molecule has 0 unspecified atom stereocenters. The molecule has 13 rings (SSSR count). The maximum atomic E-state index is 6.42. The fourth-order valence-electron chi connectivity index (χ4n) is 12.1. The van der Waals surface area contributed by atoms with Crippen LogP contribution in [0.3, 0.4) is 0 Å². The normalized spacial score (nSPS) is 13.0. The SMILES string of the molecule is CC(C)(C)c1cc(-c2cccc3cccc(-c4ccccc4N(c4ccc(-c5ccc6c(c5)C(c5ccccc5)(c5ccccc5)c5ccccc5-6)cc4)c4ccc5oc6ccccc6c5c4)c23)cc(C(C)(C)C)c1. The monoisotopic (exact) mass is 965 g/mol. The lowest BCUT2D eigenvalue weighted by atomic mass is 9.67. The lowest BCUT2D eigenvalue weighted by Gasteiger charge is -2.34. The molecular weight excluding hydrogens is 907 g/mol. The third kappa shape index (κ3) is 7.70.